The summed E-state index contributed by atoms with van der Waals surface area (Å²) in [6.07, 6.45) is -0.489. The average Bonchev–Trinajstić information content (AvgIpc) is 2.74. The Hall–Kier alpha value is -1.85. The van der Waals surface area contributed by atoms with E-state index in [-0.39, 0.29) is 5.78 Å². The first-order chi connectivity index (χ1) is 14.0. The van der Waals surface area contributed by atoms with Crippen molar-refractivity contribution in [1.29, 1.82) is 0 Å². The topological polar surface area (TPSA) is 35.5 Å². The van der Waals surface area contributed by atoms with E-state index in [0.29, 0.717) is 22.2 Å². The highest BCUT2D eigenvalue weighted by atomic mass is 79.9. The van der Waals surface area contributed by atoms with Gasteiger partial charge in [-0.3, -0.25) is 4.79 Å². The maximum Gasteiger partial charge on any atom is 0.180 e. The molecule has 0 radical (unpaired) electrons. The number of halogens is 3. The quantitative estimate of drug-likeness (QED) is 0.252. The zero-order chi connectivity index (χ0) is 20.8. The van der Waals surface area contributed by atoms with E-state index < -0.39 is 10.9 Å². The normalized spacial score (nSPS) is 13.0. The third-order valence-electron chi connectivity index (χ3n) is 4.42. The maximum atomic E-state index is 12.9. The molecule has 0 bridgehead atoms. The fraction of sp³-hybridized carbons (Fsp3) is 0.174. The molecular formula is C23H19BrCl2O3. The Bertz CT molecular complexity index is 962. The van der Waals surface area contributed by atoms with Crippen LogP contribution in [0.25, 0.3) is 0 Å². The molecule has 6 heteroatoms. The number of hydrogen-bond donors (Lipinski definition) is 0. The monoisotopic (exact) mass is 492 g/mol. The van der Waals surface area contributed by atoms with E-state index in [1.807, 2.05) is 54.6 Å². The Morgan fingerprint density at radius 3 is 2.31 bits per heavy atom. The van der Waals surface area contributed by atoms with E-state index in [9.17, 15) is 4.79 Å². The molecule has 0 aliphatic carbocycles. The minimum atomic E-state index is -0.609. The van der Waals surface area contributed by atoms with Crippen molar-refractivity contribution in [2.75, 3.05) is 7.11 Å². The Kier molecular flexibility index (Phi) is 7.73. The standard InChI is InChI=1S/C23H19BrCl2O3/c1-28-23(21(24)22(27)19-12-9-17(25)13-20(19)26)16-7-10-18(11-8-16)29-14-15-5-3-2-4-6-15/h2-13,21,23H,14H2,1H3/t21-,23-/m0/s1. The summed E-state index contributed by atoms with van der Waals surface area (Å²) in [7, 11) is 1.56. The number of hydrogen-bond acceptors (Lipinski definition) is 3. The number of methoxy groups -OCH3 is 1. The smallest absolute Gasteiger partial charge is 0.180 e. The van der Waals surface area contributed by atoms with Crippen molar-refractivity contribution in [3.8, 4) is 5.75 Å². The summed E-state index contributed by atoms with van der Waals surface area (Å²) in [5.41, 5.74) is 2.33. The number of benzene rings is 3. The highest BCUT2D eigenvalue weighted by Crippen LogP contribution is 2.32. The first kappa shape index (κ1) is 21.8. The van der Waals surface area contributed by atoms with Gasteiger partial charge >= 0.3 is 0 Å². The zero-order valence-corrected chi connectivity index (χ0v) is 18.7. The number of alkyl halides is 1. The molecule has 0 aliphatic rings. The van der Waals surface area contributed by atoms with Gasteiger partial charge in [-0.15, -0.1) is 0 Å². The van der Waals surface area contributed by atoms with Gasteiger partial charge in [0.2, 0.25) is 0 Å². The van der Waals surface area contributed by atoms with Crippen LogP contribution in [0.4, 0.5) is 0 Å². The lowest BCUT2D eigenvalue weighted by Gasteiger charge is -2.21. The molecule has 150 valence electrons. The van der Waals surface area contributed by atoms with Gasteiger partial charge in [-0.05, 0) is 41.5 Å². The molecule has 2 atom stereocenters. The predicted molar refractivity (Wildman–Crippen MR) is 120 cm³/mol. The van der Waals surface area contributed by atoms with E-state index in [0.717, 1.165) is 16.9 Å². The van der Waals surface area contributed by atoms with E-state index in [1.165, 1.54) is 0 Å². The number of Topliss-reactive ketones (excluding diaryl/α,β-unsaturated/α-hetero) is 1. The summed E-state index contributed by atoms with van der Waals surface area (Å²) < 4.78 is 11.4. The summed E-state index contributed by atoms with van der Waals surface area (Å²) in [4.78, 5) is 12.3. The summed E-state index contributed by atoms with van der Waals surface area (Å²) in [5, 5.41) is 0.790. The van der Waals surface area contributed by atoms with Crippen molar-refractivity contribution in [1.82, 2.24) is 0 Å². The van der Waals surface area contributed by atoms with Crippen molar-refractivity contribution >= 4 is 44.9 Å². The molecule has 3 nitrogen and oxygen atoms in total. The highest BCUT2D eigenvalue weighted by Gasteiger charge is 2.29. The second-order valence-electron chi connectivity index (χ2n) is 6.39. The number of carbonyl (C=O) groups excluding carboxylic acids is 1. The molecule has 0 aromatic heterocycles. The maximum absolute atomic E-state index is 12.9. The third kappa shape index (κ3) is 5.61. The number of carbonyl (C=O) groups is 1. The fourth-order valence-electron chi connectivity index (χ4n) is 2.89. The van der Waals surface area contributed by atoms with Crippen molar-refractivity contribution in [2.45, 2.75) is 17.5 Å². The van der Waals surface area contributed by atoms with Crippen LogP contribution in [0.5, 0.6) is 5.75 Å². The minimum Gasteiger partial charge on any atom is -0.489 e. The summed E-state index contributed by atoms with van der Waals surface area (Å²) >= 11 is 15.6. The molecule has 3 aromatic carbocycles. The summed E-state index contributed by atoms with van der Waals surface area (Å²) in [6.45, 7) is 0.489. The summed E-state index contributed by atoms with van der Waals surface area (Å²) in [5.74, 6) is 0.563. The number of ketones is 1. The van der Waals surface area contributed by atoms with Crippen LogP contribution in [-0.4, -0.2) is 17.7 Å². The molecule has 3 aromatic rings. The Labute approximate surface area is 188 Å². The number of ether oxygens (including phenoxy) is 2. The van der Waals surface area contributed by atoms with Crippen LogP contribution >= 0.6 is 39.1 Å². The van der Waals surface area contributed by atoms with Gasteiger partial charge in [-0.1, -0.05) is 81.6 Å². The van der Waals surface area contributed by atoms with Gasteiger partial charge in [0.1, 0.15) is 23.3 Å². The molecule has 0 fully saturated rings. The van der Waals surface area contributed by atoms with Crippen molar-refractivity contribution in [2.24, 2.45) is 0 Å². The predicted octanol–water partition coefficient (Wildman–Crippen LogP) is 6.91. The van der Waals surface area contributed by atoms with E-state index in [1.54, 1.807) is 25.3 Å². The van der Waals surface area contributed by atoms with Crippen LogP contribution in [0.1, 0.15) is 27.6 Å². The minimum absolute atomic E-state index is 0.178. The Balaban J connectivity index is 1.70. The van der Waals surface area contributed by atoms with E-state index in [4.69, 9.17) is 32.7 Å². The average molecular weight is 494 g/mol. The molecule has 0 spiro atoms. The second kappa shape index (κ2) is 10.3. The highest BCUT2D eigenvalue weighted by molar-refractivity contribution is 9.10. The molecular weight excluding hydrogens is 475 g/mol. The lowest BCUT2D eigenvalue weighted by molar-refractivity contribution is 0.0770. The van der Waals surface area contributed by atoms with Crippen LogP contribution < -0.4 is 4.74 Å². The molecule has 0 saturated carbocycles. The zero-order valence-electron chi connectivity index (χ0n) is 15.6. The molecule has 3 rings (SSSR count). The van der Waals surface area contributed by atoms with E-state index in [2.05, 4.69) is 15.9 Å². The van der Waals surface area contributed by atoms with Gasteiger partial charge in [0.05, 0.1) is 5.02 Å². The number of rotatable bonds is 8. The Morgan fingerprint density at radius 2 is 1.69 bits per heavy atom. The fourth-order valence-corrected chi connectivity index (χ4v) is 4.16. The van der Waals surface area contributed by atoms with Gasteiger partial charge < -0.3 is 9.47 Å². The molecule has 29 heavy (non-hydrogen) atoms. The Morgan fingerprint density at radius 1 is 1.00 bits per heavy atom. The first-order valence-electron chi connectivity index (χ1n) is 8.92. The lowest BCUT2D eigenvalue weighted by Crippen LogP contribution is -2.24. The van der Waals surface area contributed by atoms with Crippen LogP contribution in [0.15, 0.2) is 72.8 Å². The van der Waals surface area contributed by atoms with Crippen molar-refractivity contribution < 1.29 is 14.3 Å². The van der Waals surface area contributed by atoms with Crippen LogP contribution in [0, 0.1) is 0 Å². The second-order valence-corrected chi connectivity index (χ2v) is 8.22. The molecule has 0 N–H and O–H groups in total. The molecule has 0 unspecified atom stereocenters. The largest absolute Gasteiger partial charge is 0.489 e. The molecule has 0 heterocycles. The molecule has 0 saturated heterocycles. The van der Waals surface area contributed by atoms with Crippen LogP contribution in [0.2, 0.25) is 10.0 Å². The van der Waals surface area contributed by atoms with Gasteiger partial charge in [0, 0.05) is 17.7 Å². The van der Waals surface area contributed by atoms with Gasteiger partial charge in [-0.2, -0.15) is 0 Å². The van der Waals surface area contributed by atoms with Crippen molar-refractivity contribution in [3.63, 3.8) is 0 Å². The van der Waals surface area contributed by atoms with Crippen LogP contribution in [-0.2, 0) is 11.3 Å². The summed E-state index contributed by atoms with van der Waals surface area (Å²) in [6, 6.07) is 22.3. The van der Waals surface area contributed by atoms with Gasteiger partial charge in [0.15, 0.2) is 5.78 Å². The van der Waals surface area contributed by atoms with Crippen molar-refractivity contribution in [3.05, 3.63) is 99.5 Å². The lowest BCUT2D eigenvalue weighted by atomic mass is 9.99. The molecule has 0 aliphatic heterocycles. The first-order valence-corrected chi connectivity index (χ1v) is 10.6. The van der Waals surface area contributed by atoms with Crippen LogP contribution in [0.3, 0.4) is 0 Å². The van der Waals surface area contributed by atoms with Gasteiger partial charge in [0.25, 0.3) is 0 Å². The van der Waals surface area contributed by atoms with E-state index >= 15 is 0 Å². The molecule has 0 amide bonds. The third-order valence-corrected chi connectivity index (χ3v) is 5.87. The SMILES string of the molecule is CO[C@@H](c1ccc(OCc2ccccc2)cc1)[C@@H](Br)C(=O)c1ccc(Cl)cc1Cl. The van der Waals surface area contributed by atoms with Gasteiger partial charge in [-0.25, -0.2) is 0 Å².